The third-order valence-electron chi connectivity index (χ3n) is 2.28. The van der Waals surface area contributed by atoms with Crippen LogP contribution in [0.15, 0.2) is 12.1 Å². The average molecular weight is 248 g/mol. The van der Waals surface area contributed by atoms with Gasteiger partial charge in [0.15, 0.2) is 0 Å². The van der Waals surface area contributed by atoms with Crippen LogP contribution < -0.4 is 5.32 Å². The third kappa shape index (κ3) is 3.48. The fourth-order valence-electron chi connectivity index (χ4n) is 1.60. The zero-order valence-electron chi connectivity index (χ0n) is 8.66. The van der Waals surface area contributed by atoms with Crippen molar-refractivity contribution >= 4 is 28.9 Å². The van der Waals surface area contributed by atoms with Crippen LogP contribution in [0.25, 0.3) is 0 Å². The SMILES string of the molecule is CNC(c1ccc(Cl)s1)C(C)CC(=O)O. The molecule has 0 fully saturated rings. The number of hydrogen-bond acceptors (Lipinski definition) is 3. The second kappa shape index (κ2) is 5.49. The lowest BCUT2D eigenvalue weighted by Crippen LogP contribution is -2.24. The van der Waals surface area contributed by atoms with Crippen molar-refractivity contribution in [2.75, 3.05) is 7.05 Å². The van der Waals surface area contributed by atoms with Crippen molar-refractivity contribution in [2.45, 2.75) is 19.4 Å². The van der Waals surface area contributed by atoms with E-state index in [2.05, 4.69) is 5.32 Å². The summed E-state index contributed by atoms with van der Waals surface area (Å²) in [6.07, 6.45) is 0.154. The molecule has 15 heavy (non-hydrogen) atoms. The van der Waals surface area contributed by atoms with Gasteiger partial charge in [-0.1, -0.05) is 18.5 Å². The molecular formula is C10H14ClNO2S. The number of hydrogen-bond donors (Lipinski definition) is 2. The molecule has 1 aromatic heterocycles. The first-order chi connectivity index (χ1) is 7.04. The summed E-state index contributed by atoms with van der Waals surface area (Å²) in [5.41, 5.74) is 0. The molecule has 1 rings (SSSR count). The van der Waals surface area contributed by atoms with Crippen LogP contribution in [-0.4, -0.2) is 18.1 Å². The number of carbonyl (C=O) groups is 1. The standard InChI is InChI=1S/C10H14ClNO2S/c1-6(5-9(13)14)10(12-2)7-3-4-8(11)15-7/h3-4,6,10,12H,5H2,1-2H3,(H,13,14). The molecule has 0 radical (unpaired) electrons. The summed E-state index contributed by atoms with van der Waals surface area (Å²) in [6, 6.07) is 3.82. The zero-order valence-corrected chi connectivity index (χ0v) is 10.2. The van der Waals surface area contributed by atoms with E-state index in [0.29, 0.717) is 0 Å². The highest BCUT2D eigenvalue weighted by Gasteiger charge is 2.21. The zero-order chi connectivity index (χ0) is 11.4. The monoisotopic (exact) mass is 247 g/mol. The van der Waals surface area contributed by atoms with Crippen LogP contribution in [-0.2, 0) is 4.79 Å². The Morgan fingerprint density at radius 3 is 2.73 bits per heavy atom. The van der Waals surface area contributed by atoms with E-state index in [-0.39, 0.29) is 18.4 Å². The molecule has 1 heterocycles. The van der Waals surface area contributed by atoms with E-state index in [1.807, 2.05) is 26.1 Å². The van der Waals surface area contributed by atoms with E-state index in [0.717, 1.165) is 9.21 Å². The second-order valence-electron chi connectivity index (χ2n) is 3.48. The highest BCUT2D eigenvalue weighted by atomic mass is 35.5. The lowest BCUT2D eigenvalue weighted by molar-refractivity contribution is -0.138. The fourth-order valence-corrected chi connectivity index (χ4v) is 2.90. The van der Waals surface area contributed by atoms with Crippen molar-refractivity contribution in [3.63, 3.8) is 0 Å². The summed E-state index contributed by atoms with van der Waals surface area (Å²) in [4.78, 5) is 11.7. The molecule has 0 spiro atoms. The van der Waals surface area contributed by atoms with Gasteiger partial charge in [-0.3, -0.25) is 4.79 Å². The Kier molecular flexibility index (Phi) is 4.57. The number of nitrogens with one attached hydrogen (secondary N) is 1. The Morgan fingerprint density at radius 2 is 2.33 bits per heavy atom. The molecule has 1 aromatic rings. The van der Waals surface area contributed by atoms with Crippen molar-refractivity contribution in [1.82, 2.24) is 5.32 Å². The molecule has 84 valence electrons. The van der Waals surface area contributed by atoms with E-state index in [1.165, 1.54) is 11.3 Å². The minimum atomic E-state index is -0.773. The minimum absolute atomic E-state index is 0.0437. The minimum Gasteiger partial charge on any atom is -0.481 e. The van der Waals surface area contributed by atoms with Crippen LogP contribution in [0.1, 0.15) is 24.3 Å². The van der Waals surface area contributed by atoms with Crippen LogP contribution in [0.5, 0.6) is 0 Å². The molecule has 0 saturated heterocycles. The lowest BCUT2D eigenvalue weighted by Gasteiger charge is -2.20. The number of aliphatic carboxylic acids is 1. The summed E-state index contributed by atoms with van der Waals surface area (Å²) < 4.78 is 0.729. The summed E-state index contributed by atoms with van der Waals surface area (Å²) >= 11 is 7.33. The quantitative estimate of drug-likeness (QED) is 0.841. The molecule has 2 unspecified atom stereocenters. The largest absolute Gasteiger partial charge is 0.481 e. The van der Waals surface area contributed by atoms with Gasteiger partial charge in [-0.2, -0.15) is 0 Å². The van der Waals surface area contributed by atoms with Crippen molar-refractivity contribution in [2.24, 2.45) is 5.92 Å². The maximum Gasteiger partial charge on any atom is 0.303 e. The summed E-state index contributed by atoms with van der Waals surface area (Å²) in [7, 11) is 1.83. The number of carboxylic acids is 1. The van der Waals surface area contributed by atoms with Crippen molar-refractivity contribution in [3.05, 3.63) is 21.3 Å². The van der Waals surface area contributed by atoms with E-state index in [4.69, 9.17) is 16.7 Å². The summed E-state index contributed by atoms with van der Waals surface area (Å²) in [5.74, 6) is -0.729. The first-order valence-electron chi connectivity index (χ1n) is 4.69. The molecule has 0 aliphatic heterocycles. The third-order valence-corrected chi connectivity index (χ3v) is 3.59. The van der Waals surface area contributed by atoms with Gasteiger partial charge >= 0.3 is 5.97 Å². The Labute approximate surface area is 98.1 Å². The summed E-state index contributed by atoms with van der Waals surface area (Å²) in [6.45, 7) is 1.92. The molecule has 2 N–H and O–H groups in total. The van der Waals surface area contributed by atoms with Gasteiger partial charge < -0.3 is 10.4 Å². The van der Waals surface area contributed by atoms with Crippen LogP contribution in [0.2, 0.25) is 4.34 Å². The van der Waals surface area contributed by atoms with Gasteiger partial charge in [-0.05, 0) is 25.1 Å². The second-order valence-corrected chi connectivity index (χ2v) is 5.23. The van der Waals surface area contributed by atoms with Crippen LogP contribution in [0, 0.1) is 5.92 Å². The predicted molar refractivity (Wildman–Crippen MR) is 62.5 cm³/mol. The van der Waals surface area contributed by atoms with Gasteiger partial charge in [0.25, 0.3) is 0 Å². The molecule has 3 nitrogen and oxygen atoms in total. The van der Waals surface area contributed by atoms with Crippen molar-refractivity contribution in [3.8, 4) is 0 Å². The Bertz CT molecular complexity index is 340. The average Bonchev–Trinajstić information content (AvgIpc) is 2.51. The molecule has 0 bridgehead atoms. The van der Waals surface area contributed by atoms with Crippen molar-refractivity contribution in [1.29, 1.82) is 0 Å². The molecular weight excluding hydrogens is 234 g/mol. The molecule has 0 aliphatic rings. The molecule has 0 saturated carbocycles. The van der Waals surface area contributed by atoms with E-state index in [1.54, 1.807) is 0 Å². The number of halogens is 1. The van der Waals surface area contributed by atoms with Gasteiger partial charge in [0.2, 0.25) is 0 Å². The lowest BCUT2D eigenvalue weighted by atomic mass is 9.97. The molecule has 2 atom stereocenters. The van der Waals surface area contributed by atoms with Gasteiger partial charge in [-0.25, -0.2) is 0 Å². The van der Waals surface area contributed by atoms with Gasteiger partial charge in [0, 0.05) is 17.3 Å². The Hall–Kier alpha value is -0.580. The smallest absolute Gasteiger partial charge is 0.303 e. The van der Waals surface area contributed by atoms with Crippen LogP contribution in [0.4, 0.5) is 0 Å². The first-order valence-corrected chi connectivity index (χ1v) is 5.88. The first kappa shape index (κ1) is 12.5. The fraction of sp³-hybridized carbons (Fsp3) is 0.500. The highest BCUT2D eigenvalue weighted by molar-refractivity contribution is 7.16. The molecule has 0 amide bonds. The number of thiophene rings is 1. The maximum absolute atomic E-state index is 10.6. The molecule has 0 aliphatic carbocycles. The topological polar surface area (TPSA) is 49.3 Å². The molecule has 5 heteroatoms. The van der Waals surface area contributed by atoms with Crippen LogP contribution >= 0.6 is 22.9 Å². The number of carboxylic acid groups (broad SMARTS) is 1. The number of rotatable bonds is 5. The van der Waals surface area contributed by atoms with E-state index < -0.39 is 5.97 Å². The van der Waals surface area contributed by atoms with E-state index in [9.17, 15) is 4.79 Å². The van der Waals surface area contributed by atoms with Crippen LogP contribution in [0.3, 0.4) is 0 Å². The van der Waals surface area contributed by atoms with Gasteiger partial charge in [0.05, 0.1) is 4.34 Å². The van der Waals surface area contributed by atoms with Gasteiger partial charge in [-0.15, -0.1) is 11.3 Å². The van der Waals surface area contributed by atoms with E-state index >= 15 is 0 Å². The van der Waals surface area contributed by atoms with Gasteiger partial charge in [0.1, 0.15) is 0 Å². The predicted octanol–water partition coefficient (Wildman–Crippen LogP) is 2.77. The summed E-state index contributed by atoms with van der Waals surface area (Å²) in [5, 5.41) is 11.9. The Balaban J connectivity index is 2.74. The normalized spacial score (nSPS) is 14.9. The Morgan fingerprint density at radius 1 is 1.67 bits per heavy atom. The van der Waals surface area contributed by atoms with Crippen molar-refractivity contribution < 1.29 is 9.90 Å². The highest BCUT2D eigenvalue weighted by Crippen LogP contribution is 2.32. The molecule has 0 aromatic carbocycles. The maximum atomic E-state index is 10.6.